The summed E-state index contributed by atoms with van der Waals surface area (Å²) in [4.78, 5) is 24.8. The lowest BCUT2D eigenvalue weighted by atomic mass is 10.3. The van der Waals surface area contributed by atoms with E-state index in [1.807, 2.05) is 48.5 Å². The van der Waals surface area contributed by atoms with Gasteiger partial charge in [-0.05, 0) is 24.3 Å². The van der Waals surface area contributed by atoms with Crippen LogP contribution in [0.15, 0.2) is 73.3 Å². The van der Waals surface area contributed by atoms with Gasteiger partial charge in [0.1, 0.15) is 17.1 Å². The maximum atomic E-state index is 11.8. The van der Waals surface area contributed by atoms with Gasteiger partial charge in [-0.2, -0.15) is 5.10 Å². The highest BCUT2D eigenvalue weighted by atomic mass is 16.1. The molecule has 1 amide bonds. The summed E-state index contributed by atoms with van der Waals surface area (Å²) in [5, 5.41) is 7.39. The third kappa shape index (κ3) is 3.36. The van der Waals surface area contributed by atoms with Crippen molar-refractivity contribution < 1.29 is 4.79 Å². The number of aromatic nitrogens is 5. The Kier molecular flexibility index (Phi) is 4.28. The molecule has 0 fully saturated rings. The molecule has 0 radical (unpaired) electrons. The van der Waals surface area contributed by atoms with Gasteiger partial charge >= 0.3 is 0 Å². The number of hydrogen-bond acceptors (Lipinski definition) is 6. The van der Waals surface area contributed by atoms with E-state index < -0.39 is 5.91 Å². The van der Waals surface area contributed by atoms with Crippen molar-refractivity contribution in [3.8, 4) is 17.1 Å². The van der Waals surface area contributed by atoms with E-state index in [1.54, 1.807) is 23.3 Å². The minimum Gasteiger partial charge on any atom is -0.365 e. The zero-order valence-electron chi connectivity index (χ0n) is 14.1. The predicted molar refractivity (Wildman–Crippen MR) is 101 cm³/mol. The minimum absolute atomic E-state index is 0.254. The van der Waals surface area contributed by atoms with Crippen LogP contribution in [-0.2, 0) is 0 Å². The van der Waals surface area contributed by atoms with Gasteiger partial charge in [-0.3, -0.25) is 14.8 Å². The van der Waals surface area contributed by atoms with Gasteiger partial charge in [-0.15, -0.1) is 0 Å². The van der Waals surface area contributed by atoms with Gasteiger partial charge in [0.2, 0.25) is 0 Å². The summed E-state index contributed by atoms with van der Waals surface area (Å²) in [5.74, 6) is 0.271. The summed E-state index contributed by atoms with van der Waals surface area (Å²) in [6.45, 7) is 0. The number of para-hydroxylation sites is 1. The maximum Gasteiger partial charge on any atom is 0.254 e. The zero-order chi connectivity index (χ0) is 18.6. The Morgan fingerprint density at radius 2 is 1.78 bits per heavy atom. The van der Waals surface area contributed by atoms with Crippen LogP contribution in [0.4, 0.5) is 11.6 Å². The van der Waals surface area contributed by atoms with Crippen molar-refractivity contribution in [1.29, 1.82) is 0 Å². The Morgan fingerprint density at radius 3 is 2.52 bits per heavy atom. The molecule has 0 saturated carbocycles. The fourth-order valence-electron chi connectivity index (χ4n) is 2.60. The molecule has 0 atom stereocenters. The van der Waals surface area contributed by atoms with E-state index in [4.69, 9.17) is 5.73 Å². The van der Waals surface area contributed by atoms with Gasteiger partial charge in [0.05, 0.1) is 30.0 Å². The first kappa shape index (κ1) is 16.4. The monoisotopic (exact) mass is 357 g/mol. The number of primary amides is 1. The summed E-state index contributed by atoms with van der Waals surface area (Å²) in [7, 11) is 0. The molecule has 3 N–H and O–H groups in total. The summed E-state index contributed by atoms with van der Waals surface area (Å²) in [6, 6.07) is 15.0. The number of amides is 1. The second kappa shape index (κ2) is 7.04. The van der Waals surface area contributed by atoms with Crippen molar-refractivity contribution in [3.05, 3.63) is 78.9 Å². The van der Waals surface area contributed by atoms with Crippen molar-refractivity contribution in [2.75, 3.05) is 5.32 Å². The molecule has 4 aromatic rings. The first-order valence-corrected chi connectivity index (χ1v) is 8.16. The third-order valence-electron chi connectivity index (χ3n) is 3.84. The number of carbonyl (C=O) groups excluding carboxylic acids is 1. The van der Waals surface area contributed by atoms with Gasteiger partial charge < -0.3 is 11.1 Å². The average molecular weight is 357 g/mol. The molecule has 3 heterocycles. The molecule has 0 bridgehead atoms. The highest BCUT2D eigenvalue weighted by Gasteiger charge is 2.17. The van der Waals surface area contributed by atoms with E-state index >= 15 is 0 Å². The number of nitrogens with one attached hydrogen (secondary N) is 1. The molecular formula is C19H15N7O. The Labute approximate surface area is 154 Å². The highest BCUT2D eigenvalue weighted by Crippen LogP contribution is 2.24. The van der Waals surface area contributed by atoms with Crippen molar-refractivity contribution in [3.63, 3.8) is 0 Å². The van der Waals surface area contributed by atoms with E-state index in [9.17, 15) is 4.79 Å². The van der Waals surface area contributed by atoms with Crippen molar-refractivity contribution >= 4 is 17.5 Å². The van der Waals surface area contributed by atoms with Crippen molar-refractivity contribution in [2.24, 2.45) is 5.73 Å². The molecule has 27 heavy (non-hydrogen) atoms. The van der Waals surface area contributed by atoms with Gasteiger partial charge in [0.25, 0.3) is 5.91 Å². The summed E-state index contributed by atoms with van der Waals surface area (Å²) in [6.07, 6.45) is 6.29. The van der Waals surface area contributed by atoms with Crippen LogP contribution in [0.3, 0.4) is 0 Å². The zero-order valence-corrected chi connectivity index (χ0v) is 14.1. The fraction of sp³-hybridized carbons (Fsp3) is 0. The molecular weight excluding hydrogens is 342 g/mol. The molecule has 0 aliphatic carbocycles. The lowest BCUT2D eigenvalue weighted by molar-refractivity contribution is 0.100. The Hall–Kier alpha value is -4.07. The quantitative estimate of drug-likeness (QED) is 0.568. The molecule has 3 aromatic heterocycles. The first-order chi connectivity index (χ1) is 13.2. The molecule has 8 nitrogen and oxygen atoms in total. The van der Waals surface area contributed by atoms with Crippen LogP contribution in [-0.4, -0.2) is 30.6 Å². The number of benzene rings is 1. The largest absolute Gasteiger partial charge is 0.365 e. The molecule has 132 valence electrons. The number of nitrogens with two attached hydrogens (primary N) is 1. The summed E-state index contributed by atoms with van der Waals surface area (Å²) in [5.41, 5.74) is 7.83. The number of anilines is 2. The summed E-state index contributed by atoms with van der Waals surface area (Å²) >= 11 is 0. The van der Waals surface area contributed by atoms with Gasteiger partial charge in [-0.1, -0.05) is 24.3 Å². The molecule has 0 saturated heterocycles. The van der Waals surface area contributed by atoms with E-state index in [1.165, 1.54) is 6.20 Å². The van der Waals surface area contributed by atoms with E-state index in [2.05, 4.69) is 25.4 Å². The maximum absolute atomic E-state index is 11.8. The number of rotatable bonds is 5. The number of carbonyl (C=O) groups is 1. The Morgan fingerprint density at radius 1 is 0.963 bits per heavy atom. The SMILES string of the molecule is NC(=O)c1cnn(-c2ccccc2)c1Nc1cncc(-c2ccccn2)n1. The van der Waals surface area contributed by atoms with Crippen LogP contribution >= 0.6 is 0 Å². The normalized spacial score (nSPS) is 10.5. The van der Waals surface area contributed by atoms with Crippen molar-refractivity contribution in [1.82, 2.24) is 24.7 Å². The Bertz CT molecular complexity index is 1080. The van der Waals surface area contributed by atoms with Crippen LogP contribution < -0.4 is 11.1 Å². The van der Waals surface area contributed by atoms with E-state index in [0.29, 0.717) is 23.0 Å². The van der Waals surface area contributed by atoms with Gasteiger partial charge in [0, 0.05) is 6.20 Å². The second-order valence-corrected chi connectivity index (χ2v) is 5.65. The molecule has 0 unspecified atom stereocenters. The lowest BCUT2D eigenvalue weighted by Crippen LogP contribution is -2.14. The molecule has 0 spiro atoms. The predicted octanol–water partition coefficient (Wildman–Crippen LogP) is 2.57. The average Bonchev–Trinajstić information content (AvgIpc) is 3.13. The summed E-state index contributed by atoms with van der Waals surface area (Å²) < 4.78 is 1.59. The van der Waals surface area contributed by atoms with Crippen LogP contribution in [0.25, 0.3) is 17.1 Å². The van der Waals surface area contributed by atoms with Crippen LogP contribution in [0.2, 0.25) is 0 Å². The smallest absolute Gasteiger partial charge is 0.254 e. The molecule has 0 aliphatic rings. The number of hydrogen-bond donors (Lipinski definition) is 2. The molecule has 8 heteroatoms. The molecule has 1 aromatic carbocycles. The van der Waals surface area contributed by atoms with Crippen LogP contribution in [0.1, 0.15) is 10.4 Å². The lowest BCUT2D eigenvalue weighted by Gasteiger charge is -2.11. The van der Waals surface area contributed by atoms with Crippen molar-refractivity contribution in [2.45, 2.75) is 0 Å². The second-order valence-electron chi connectivity index (χ2n) is 5.65. The van der Waals surface area contributed by atoms with E-state index in [-0.39, 0.29) is 5.56 Å². The standard InChI is InChI=1S/C19H15N7O/c20-18(27)14-10-23-26(13-6-2-1-3-7-13)19(14)25-17-12-21-11-16(24-17)15-8-4-5-9-22-15/h1-12H,(H2,20,27)(H,24,25). The number of nitrogens with zero attached hydrogens (tertiary/aromatic N) is 5. The topological polar surface area (TPSA) is 112 Å². The molecule has 0 aliphatic heterocycles. The first-order valence-electron chi connectivity index (χ1n) is 8.16. The van der Waals surface area contributed by atoms with Crippen LogP contribution in [0.5, 0.6) is 0 Å². The third-order valence-corrected chi connectivity index (χ3v) is 3.84. The van der Waals surface area contributed by atoms with Gasteiger partial charge in [-0.25, -0.2) is 9.67 Å². The van der Waals surface area contributed by atoms with Crippen LogP contribution in [0, 0.1) is 0 Å². The fourth-order valence-corrected chi connectivity index (χ4v) is 2.60. The minimum atomic E-state index is -0.589. The van der Waals surface area contributed by atoms with Gasteiger partial charge in [0.15, 0.2) is 5.82 Å². The Balaban J connectivity index is 1.75. The molecule has 4 rings (SSSR count). The van der Waals surface area contributed by atoms with E-state index in [0.717, 1.165) is 5.69 Å². The number of pyridine rings is 1. The highest BCUT2D eigenvalue weighted by molar-refractivity contribution is 5.98.